The highest BCUT2D eigenvalue weighted by Crippen LogP contribution is 2.23. The van der Waals surface area contributed by atoms with Gasteiger partial charge in [0.1, 0.15) is 5.75 Å². The van der Waals surface area contributed by atoms with Crippen LogP contribution in [0.15, 0.2) is 42.5 Å². The molecule has 2 rings (SSSR count). The van der Waals surface area contributed by atoms with E-state index in [1.165, 1.54) is 0 Å². The zero-order valence-corrected chi connectivity index (χ0v) is 11.9. The number of phenolic OH excluding ortho intramolecular Hbond substituents is 1. The average Bonchev–Trinajstić information content (AvgIpc) is 2.30. The van der Waals surface area contributed by atoms with E-state index < -0.39 is 0 Å². The topological polar surface area (TPSA) is 32.3 Å². The summed E-state index contributed by atoms with van der Waals surface area (Å²) in [6.07, 6.45) is 0. The minimum absolute atomic E-state index is 0.287. The molecule has 0 saturated carbocycles. The van der Waals surface area contributed by atoms with Crippen molar-refractivity contribution in [1.29, 1.82) is 0 Å². The fraction of sp³-hybridized carbons (Fsp3) is 0.0769. The van der Waals surface area contributed by atoms with Gasteiger partial charge in [0.05, 0.1) is 0 Å². The maximum absolute atomic E-state index is 9.18. The Morgan fingerprint density at radius 1 is 1.12 bits per heavy atom. The van der Waals surface area contributed by atoms with Crippen molar-refractivity contribution in [3.05, 3.63) is 56.6 Å². The molecule has 0 aromatic heterocycles. The van der Waals surface area contributed by atoms with Crippen molar-refractivity contribution >= 4 is 39.9 Å². The lowest BCUT2D eigenvalue weighted by molar-refractivity contribution is 0.475. The van der Waals surface area contributed by atoms with E-state index in [2.05, 4.69) is 27.9 Å². The summed E-state index contributed by atoms with van der Waals surface area (Å²) in [5.41, 5.74) is 2.18. The second-order valence-corrected chi connectivity index (χ2v) is 5.24. The standard InChI is InChI=1S/C13H11ClINO/c14-10-3-6-13(12(15)7-10)16-8-9-1-4-11(17)5-2-9/h1-7,16-17H,8H2. The summed E-state index contributed by atoms with van der Waals surface area (Å²) in [6, 6.07) is 12.9. The second kappa shape index (κ2) is 5.60. The van der Waals surface area contributed by atoms with Gasteiger partial charge in [-0.05, 0) is 58.5 Å². The second-order valence-electron chi connectivity index (χ2n) is 3.64. The van der Waals surface area contributed by atoms with Crippen LogP contribution in [-0.4, -0.2) is 5.11 Å². The maximum Gasteiger partial charge on any atom is 0.115 e. The number of phenols is 1. The number of hydrogen-bond donors (Lipinski definition) is 2. The third-order valence-corrected chi connectivity index (χ3v) is 3.48. The van der Waals surface area contributed by atoms with Crippen LogP contribution in [-0.2, 0) is 6.54 Å². The monoisotopic (exact) mass is 359 g/mol. The molecule has 2 nitrogen and oxygen atoms in total. The zero-order chi connectivity index (χ0) is 12.3. The van der Waals surface area contributed by atoms with Crippen LogP contribution in [0.3, 0.4) is 0 Å². The molecule has 0 saturated heterocycles. The summed E-state index contributed by atoms with van der Waals surface area (Å²) < 4.78 is 1.09. The van der Waals surface area contributed by atoms with E-state index in [9.17, 15) is 5.11 Å². The Hall–Kier alpha value is -0.940. The third kappa shape index (κ3) is 3.51. The lowest BCUT2D eigenvalue weighted by Crippen LogP contribution is -2.00. The lowest BCUT2D eigenvalue weighted by atomic mass is 10.2. The minimum atomic E-state index is 0.287. The quantitative estimate of drug-likeness (QED) is 0.803. The van der Waals surface area contributed by atoms with E-state index in [1.54, 1.807) is 12.1 Å². The van der Waals surface area contributed by atoms with Crippen LogP contribution in [0.4, 0.5) is 5.69 Å². The molecule has 0 unspecified atom stereocenters. The molecule has 88 valence electrons. The number of aromatic hydroxyl groups is 1. The summed E-state index contributed by atoms with van der Waals surface area (Å²) >= 11 is 8.14. The first kappa shape index (κ1) is 12.5. The summed E-state index contributed by atoms with van der Waals surface area (Å²) in [7, 11) is 0. The molecule has 0 fully saturated rings. The lowest BCUT2D eigenvalue weighted by Gasteiger charge is -2.09. The van der Waals surface area contributed by atoms with Crippen LogP contribution < -0.4 is 5.32 Å². The molecule has 0 aliphatic rings. The Kier molecular flexibility index (Phi) is 4.12. The molecule has 2 aromatic carbocycles. The van der Waals surface area contributed by atoms with E-state index in [4.69, 9.17) is 11.6 Å². The molecule has 0 radical (unpaired) electrons. The van der Waals surface area contributed by atoms with Gasteiger partial charge in [0.15, 0.2) is 0 Å². The van der Waals surface area contributed by atoms with Gasteiger partial charge in [-0.2, -0.15) is 0 Å². The molecule has 2 N–H and O–H groups in total. The van der Waals surface area contributed by atoms with Crippen molar-refractivity contribution < 1.29 is 5.11 Å². The largest absolute Gasteiger partial charge is 0.508 e. The zero-order valence-electron chi connectivity index (χ0n) is 8.95. The van der Waals surface area contributed by atoms with Gasteiger partial charge < -0.3 is 10.4 Å². The van der Waals surface area contributed by atoms with Crippen LogP contribution >= 0.6 is 34.2 Å². The molecule has 2 aromatic rings. The molecule has 0 atom stereocenters. The maximum atomic E-state index is 9.18. The van der Waals surface area contributed by atoms with Crippen molar-refractivity contribution in [1.82, 2.24) is 0 Å². The first-order valence-electron chi connectivity index (χ1n) is 5.12. The molecule has 17 heavy (non-hydrogen) atoms. The highest BCUT2D eigenvalue weighted by atomic mass is 127. The average molecular weight is 360 g/mol. The number of hydrogen-bond acceptors (Lipinski definition) is 2. The molecule has 0 heterocycles. The Bertz CT molecular complexity index is 513. The summed E-state index contributed by atoms with van der Waals surface area (Å²) in [6.45, 7) is 0.720. The van der Waals surface area contributed by atoms with Crippen molar-refractivity contribution in [3.63, 3.8) is 0 Å². The van der Waals surface area contributed by atoms with Gasteiger partial charge in [0.2, 0.25) is 0 Å². The molecule has 4 heteroatoms. The van der Waals surface area contributed by atoms with Crippen LogP contribution in [0.1, 0.15) is 5.56 Å². The van der Waals surface area contributed by atoms with E-state index in [0.29, 0.717) is 0 Å². The van der Waals surface area contributed by atoms with Crippen molar-refractivity contribution in [2.75, 3.05) is 5.32 Å². The van der Waals surface area contributed by atoms with Crippen LogP contribution in [0.2, 0.25) is 5.02 Å². The van der Waals surface area contributed by atoms with E-state index in [-0.39, 0.29) is 5.75 Å². The Balaban J connectivity index is 2.04. The minimum Gasteiger partial charge on any atom is -0.508 e. The highest BCUT2D eigenvalue weighted by Gasteiger charge is 2.00. The number of anilines is 1. The molecule has 0 bridgehead atoms. The smallest absolute Gasteiger partial charge is 0.115 e. The highest BCUT2D eigenvalue weighted by molar-refractivity contribution is 14.1. The van der Waals surface area contributed by atoms with Crippen LogP contribution in [0, 0.1) is 3.57 Å². The molecular formula is C13H11ClINO. The van der Waals surface area contributed by atoms with Gasteiger partial charge in [-0.25, -0.2) is 0 Å². The van der Waals surface area contributed by atoms with Gasteiger partial charge in [-0.1, -0.05) is 23.7 Å². The van der Waals surface area contributed by atoms with Gasteiger partial charge in [-0.3, -0.25) is 0 Å². The fourth-order valence-corrected chi connectivity index (χ4v) is 2.51. The molecular weight excluding hydrogens is 349 g/mol. The first-order chi connectivity index (χ1) is 8.15. The Morgan fingerprint density at radius 2 is 1.82 bits per heavy atom. The number of nitrogens with one attached hydrogen (secondary N) is 1. The number of rotatable bonds is 3. The Labute approximate surface area is 119 Å². The molecule has 0 aliphatic carbocycles. The molecule has 0 spiro atoms. The number of benzene rings is 2. The van der Waals surface area contributed by atoms with Crippen molar-refractivity contribution in [2.24, 2.45) is 0 Å². The first-order valence-corrected chi connectivity index (χ1v) is 6.57. The van der Waals surface area contributed by atoms with Crippen LogP contribution in [0.25, 0.3) is 0 Å². The van der Waals surface area contributed by atoms with Gasteiger partial charge in [-0.15, -0.1) is 0 Å². The SMILES string of the molecule is Oc1ccc(CNc2ccc(Cl)cc2I)cc1. The van der Waals surface area contributed by atoms with E-state index >= 15 is 0 Å². The molecule has 0 amide bonds. The summed E-state index contributed by atoms with van der Waals surface area (Å²) in [5.74, 6) is 0.287. The molecule has 0 aliphatic heterocycles. The third-order valence-electron chi connectivity index (χ3n) is 2.35. The van der Waals surface area contributed by atoms with Crippen molar-refractivity contribution in [2.45, 2.75) is 6.54 Å². The summed E-state index contributed by atoms with van der Waals surface area (Å²) in [5, 5.41) is 13.2. The normalized spacial score (nSPS) is 10.2. The van der Waals surface area contributed by atoms with E-state index in [1.807, 2.05) is 30.3 Å². The fourth-order valence-electron chi connectivity index (χ4n) is 1.44. The van der Waals surface area contributed by atoms with E-state index in [0.717, 1.165) is 26.4 Å². The predicted octanol–water partition coefficient (Wildman–Crippen LogP) is 4.26. The van der Waals surface area contributed by atoms with Gasteiger partial charge in [0.25, 0.3) is 0 Å². The van der Waals surface area contributed by atoms with Crippen LogP contribution in [0.5, 0.6) is 5.75 Å². The Morgan fingerprint density at radius 3 is 2.47 bits per heavy atom. The van der Waals surface area contributed by atoms with Gasteiger partial charge >= 0.3 is 0 Å². The predicted molar refractivity (Wildman–Crippen MR) is 79.6 cm³/mol. The number of halogens is 2. The summed E-state index contributed by atoms with van der Waals surface area (Å²) in [4.78, 5) is 0. The van der Waals surface area contributed by atoms with Gasteiger partial charge in [0, 0.05) is 20.8 Å². The van der Waals surface area contributed by atoms with Crippen molar-refractivity contribution in [3.8, 4) is 5.75 Å².